The Labute approximate surface area is 193 Å². The molecule has 3 N–H and O–H groups in total. The first-order chi connectivity index (χ1) is 15.9. The van der Waals surface area contributed by atoms with Crippen molar-refractivity contribution in [3.63, 3.8) is 0 Å². The number of esters is 2. The lowest BCUT2D eigenvalue weighted by Crippen LogP contribution is -2.21. The van der Waals surface area contributed by atoms with E-state index in [0.717, 1.165) is 19.9 Å². The lowest BCUT2D eigenvalue weighted by Gasteiger charge is -2.11. The number of hydrogen-bond donors (Lipinski definition) is 3. The highest BCUT2D eigenvalue weighted by atomic mass is 16.5. The second kappa shape index (κ2) is 10.9. The van der Waals surface area contributed by atoms with Gasteiger partial charge in [-0.15, -0.1) is 0 Å². The van der Waals surface area contributed by atoms with E-state index in [0.29, 0.717) is 0 Å². The molecular formula is C22H23N3O9. The number of ketones is 1. The Kier molecular flexibility index (Phi) is 8.26. The summed E-state index contributed by atoms with van der Waals surface area (Å²) < 4.78 is 15.2. The molecule has 12 nitrogen and oxygen atoms in total. The van der Waals surface area contributed by atoms with Gasteiger partial charge in [0.1, 0.15) is 34.1 Å². The number of nitrogens with one attached hydrogen (secondary N) is 1. The van der Waals surface area contributed by atoms with E-state index < -0.39 is 40.4 Å². The van der Waals surface area contributed by atoms with E-state index in [-0.39, 0.29) is 40.9 Å². The van der Waals surface area contributed by atoms with Gasteiger partial charge in [0.15, 0.2) is 17.4 Å². The van der Waals surface area contributed by atoms with Crippen molar-refractivity contribution in [2.24, 2.45) is 4.99 Å². The fourth-order valence-electron chi connectivity index (χ4n) is 2.75. The van der Waals surface area contributed by atoms with Crippen molar-refractivity contribution in [2.45, 2.75) is 34.6 Å². The van der Waals surface area contributed by atoms with Crippen LogP contribution in [0.25, 0.3) is 0 Å². The molecule has 2 heterocycles. The van der Waals surface area contributed by atoms with Crippen molar-refractivity contribution in [2.75, 3.05) is 6.61 Å². The zero-order valence-electron chi connectivity index (χ0n) is 19.1. The SMILES string of the molecule is CCOC(=O)c1cc(N=C(C)c2c(OC(=O)C(/C(O)=C/C(C)=O)=C(/C)O)cc(C)oc2=O)n[nH]1. The first-order valence-electron chi connectivity index (χ1n) is 9.91. The van der Waals surface area contributed by atoms with E-state index in [1.807, 2.05) is 0 Å². The van der Waals surface area contributed by atoms with Gasteiger partial charge < -0.3 is 24.1 Å². The van der Waals surface area contributed by atoms with Gasteiger partial charge in [0.25, 0.3) is 0 Å². The van der Waals surface area contributed by atoms with E-state index in [1.54, 1.807) is 6.92 Å². The molecule has 2 rings (SSSR count). The standard InChI is InChI=1S/C22H23N3O9/c1-6-32-20(29)14-9-17(25-24-14)23-12(4)18-16(8-11(3)33-21(18)30)34-22(31)19(13(5)27)15(28)7-10(2)26/h7-9,27-28H,6H2,1-5H3,(H,24,25)/b15-7-,19-13-,23-12?. The third-order valence-corrected chi connectivity index (χ3v) is 4.11. The average Bonchev–Trinajstić information content (AvgIpc) is 3.15. The van der Waals surface area contributed by atoms with Crippen LogP contribution < -0.4 is 10.4 Å². The zero-order valence-corrected chi connectivity index (χ0v) is 19.1. The number of carbonyl (C=O) groups excluding carboxylic acids is 3. The molecule has 0 bridgehead atoms. The molecule has 180 valence electrons. The third kappa shape index (κ3) is 6.28. The van der Waals surface area contributed by atoms with Crippen LogP contribution in [-0.4, -0.2) is 50.5 Å². The quantitative estimate of drug-likeness (QED) is 0.169. The minimum absolute atomic E-state index is 0.0215. The number of aromatic nitrogens is 2. The molecule has 0 atom stereocenters. The normalized spacial score (nSPS) is 12.7. The zero-order chi connectivity index (χ0) is 25.6. The van der Waals surface area contributed by atoms with Crippen LogP contribution in [0.4, 0.5) is 5.82 Å². The largest absolute Gasteiger partial charge is 0.512 e. The number of aliphatic hydroxyl groups is 2. The number of hydrogen-bond acceptors (Lipinski definition) is 11. The Morgan fingerprint density at radius 2 is 1.88 bits per heavy atom. The van der Waals surface area contributed by atoms with Crippen LogP contribution in [0, 0.1) is 6.92 Å². The molecule has 0 aromatic carbocycles. The molecular weight excluding hydrogens is 450 g/mol. The van der Waals surface area contributed by atoms with Crippen LogP contribution in [0.15, 0.2) is 49.5 Å². The molecule has 0 saturated heterocycles. The predicted octanol–water partition coefficient (Wildman–Crippen LogP) is 2.76. The number of H-pyrrole nitrogens is 1. The maximum absolute atomic E-state index is 12.7. The van der Waals surface area contributed by atoms with Crippen molar-refractivity contribution in [1.29, 1.82) is 0 Å². The number of aliphatic imine (C=N–C) groups is 1. The monoisotopic (exact) mass is 473 g/mol. The number of aliphatic hydroxyl groups excluding tert-OH is 2. The fourth-order valence-corrected chi connectivity index (χ4v) is 2.75. The van der Waals surface area contributed by atoms with Crippen LogP contribution >= 0.6 is 0 Å². The van der Waals surface area contributed by atoms with Gasteiger partial charge >= 0.3 is 17.6 Å². The summed E-state index contributed by atoms with van der Waals surface area (Å²) in [7, 11) is 0. The molecule has 0 aliphatic rings. The summed E-state index contributed by atoms with van der Waals surface area (Å²) >= 11 is 0. The lowest BCUT2D eigenvalue weighted by molar-refractivity contribution is -0.130. The number of nitrogens with zero attached hydrogens (tertiary/aromatic N) is 2. The van der Waals surface area contributed by atoms with Gasteiger partial charge in [-0.2, -0.15) is 5.10 Å². The van der Waals surface area contributed by atoms with Crippen molar-refractivity contribution in [1.82, 2.24) is 10.2 Å². The first kappa shape index (κ1) is 25.8. The van der Waals surface area contributed by atoms with Crippen LogP contribution in [0.5, 0.6) is 5.75 Å². The summed E-state index contributed by atoms with van der Waals surface area (Å²) in [5.74, 6) is -4.04. The smallest absolute Gasteiger partial charge is 0.356 e. The predicted molar refractivity (Wildman–Crippen MR) is 118 cm³/mol. The van der Waals surface area contributed by atoms with E-state index in [4.69, 9.17) is 13.9 Å². The molecule has 0 aliphatic heterocycles. The van der Waals surface area contributed by atoms with Gasteiger partial charge in [-0.1, -0.05) is 0 Å². The van der Waals surface area contributed by atoms with E-state index in [2.05, 4.69) is 15.2 Å². The topological polar surface area (TPSA) is 181 Å². The van der Waals surface area contributed by atoms with Gasteiger partial charge in [-0.3, -0.25) is 9.89 Å². The van der Waals surface area contributed by atoms with E-state index in [9.17, 15) is 29.4 Å². The molecule has 0 radical (unpaired) electrons. The van der Waals surface area contributed by atoms with Gasteiger partial charge in [-0.05, 0) is 34.6 Å². The summed E-state index contributed by atoms with van der Waals surface area (Å²) in [6.45, 7) is 6.91. The molecule has 2 aromatic heterocycles. The number of rotatable bonds is 8. The number of aryl methyl sites for hydroxylation is 1. The highest BCUT2D eigenvalue weighted by Gasteiger charge is 2.24. The molecule has 12 heteroatoms. The Hall–Kier alpha value is -4.48. The molecule has 0 amide bonds. The second-order valence-electron chi connectivity index (χ2n) is 6.93. The minimum atomic E-state index is -1.24. The third-order valence-electron chi connectivity index (χ3n) is 4.11. The van der Waals surface area contributed by atoms with Crippen LogP contribution in [0.3, 0.4) is 0 Å². The first-order valence-corrected chi connectivity index (χ1v) is 9.91. The second-order valence-corrected chi connectivity index (χ2v) is 6.93. The molecule has 0 aliphatic carbocycles. The highest BCUT2D eigenvalue weighted by Crippen LogP contribution is 2.23. The van der Waals surface area contributed by atoms with E-state index in [1.165, 1.54) is 26.0 Å². The van der Waals surface area contributed by atoms with Gasteiger partial charge in [0.05, 0.1) is 12.3 Å². The van der Waals surface area contributed by atoms with Crippen molar-refractivity contribution in [3.8, 4) is 5.75 Å². The minimum Gasteiger partial charge on any atom is -0.512 e. The van der Waals surface area contributed by atoms with Crippen LogP contribution in [-0.2, 0) is 14.3 Å². The van der Waals surface area contributed by atoms with Gasteiger partial charge in [0, 0.05) is 18.2 Å². The summed E-state index contributed by atoms with van der Waals surface area (Å²) in [6.07, 6.45) is 0.729. The molecule has 2 aromatic rings. The fraction of sp³-hybridized carbons (Fsp3) is 0.273. The summed E-state index contributed by atoms with van der Waals surface area (Å²) in [6, 6.07) is 2.53. The molecule has 0 spiro atoms. The van der Waals surface area contributed by atoms with Gasteiger partial charge in [-0.25, -0.2) is 19.4 Å². The van der Waals surface area contributed by atoms with Crippen molar-refractivity contribution >= 4 is 29.3 Å². The molecule has 0 fully saturated rings. The number of ether oxygens (including phenoxy) is 2. The average molecular weight is 473 g/mol. The molecule has 0 unspecified atom stereocenters. The van der Waals surface area contributed by atoms with Crippen molar-refractivity contribution < 1.29 is 38.5 Å². The Morgan fingerprint density at radius 1 is 1.21 bits per heavy atom. The number of aromatic amines is 1. The Balaban J connectivity index is 2.49. The summed E-state index contributed by atoms with van der Waals surface area (Å²) in [5.41, 5.74) is -1.75. The Morgan fingerprint density at radius 3 is 2.47 bits per heavy atom. The maximum Gasteiger partial charge on any atom is 0.356 e. The highest BCUT2D eigenvalue weighted by molar-refractivity contribution is 6.04. The molecule has 34 heavy (non-hydrogen) atoms. The van der Waals surface area contributed by atoms with Gasteiger partial charge in [0.2, 0.25) is 0 Å². The van der Waals surface area contributed by atoms with Crippen LogP contribution in [0.2, 0.25) is 0 Å². The van der Waals surface area contributed by atoms with Crippen LogP contribution in [0.1, 0.15) is 49.5 Å². The Bertz CT molecular complexity index is 1270. The number of carbonyl (C=O) groups is 3. The molecule has 0 saturated carbocycles. The van der Waals surface area contributed by atoms with E-state index >= 15 is 0 Å². The summed E-state index contributed by atoms with van der Waals surface area (Å²) in [5, 5.41) is 26.2. The lowest BCUT2D eigenvalue weighted by atomic mass is 10.1. The summed E-state index contributed by atoms with van der Waals surface area (Å²) in [4.78, 5) is 52.4. The maximum atomic E-state index is 12.7. The van der Waals surface area contributed by atoms with Crippen molar-refractivity contribution in [3.05, 3.63) is 62.7 Å². The number of allylic oxidation sites excluding steroid dienone is 2.